The molecule has 0 saturated heterocycles. The van der Waals surface area contributed by atoms with E-state index >= 15 is 0 Å². The molecule has 0 aliphatic heterocycles. The monoisotopic (exact) mass is 456 g/mol. The minimum Gasteiger partial charge on any atom is -0.348 e. The SMILES string of the molecule is CCC(NC(=O)CN(c1ccc(C(C)(C)C)cc1)S(C)(=O)=O)c1ccc2c(c1)CCCC2. The van der Waals surface area contributed by atoms with E-state index in [1.165, 1.54) is 28.3 Å². The number of sulfonamides is 1. The fourth-order valence-electron chi connectivity index (χ4n) is 4.29. The number of benzene rings is 2. The Balaban J connectivity index is 1.76. The molecule has 2 aromatic rings. The van der Waals surface area contributed by atoms with Crippen LogP contribution < -0.4 is 9.62 Å². The Morgan fingerprint density at radius 2 is 1.66 bits per heavy atom. The van der Waals surface area contributed by atoms with Crippen molar-refractivity contribution in [3.63, 3.8) is 0 Å². The van der Waals surface area contributed by atoms with Crippen LogP contribution in [0.25, 0.3) is 0 Å². The lowest BCUT2D eigenvalue weighted by Crippen LogP contribution is -2.41. The van der Waals surface area contributed by atoms with Gasteiger partial charge in [0.1, 0.15) is 6.54 Å². The van der Waals surface area contributed by atoms with Crippen LogP contribution in [0.3, 0.4) is 0 Å². The van der Waals surface area contributed by atoms with Crippen LogP contribution in [0.4, 0.5) is 5.69 Å². The van der Waals surface area contributed by atoms with Crippen molar-refractivity contribution in [1.82, 2.24) is 5.32 Å². The molecule has 0 fully saturated rings. The Bertz CT molecular complexity index is 1050. The van der Waals surface area contributed by atoms with Crippen LogP contribution in [-0.2, 0) is 33.1 Å². The van der Waals surface area contributed by atoms with Gasteiger partial charge in [0, 0.05) is 0 Å². The molecule has 5 nitrogen and oxygen atoms in total. The summed E-state index contributed by atoms with van der Waals surface area (Å²) in [5.41, 5.74) is 5.44. The maximum atomic E-state index is 12.9. The van der Waals surface area contributed by atoms with E-state index in [4.69, 9.17) is 0 Å². The number of nitrogens with zero attached hydrogens (tertiary/aromatic N) is 1. The van der Waals surface area contributed by atoms with Gasteiger partial charge in [-0.1, -0.05) is 58.0 Å². The fraction of sp³-hybridized carbons (Fsp3) is 0.500. The maximum absolute atomic E-state index is 12.9. The molecule has 1 N–H and O–H groups in total. The minimum atomic E-state index is -3.61. The first-order valence-corrected chi connectivity index (χ1v) is 13.3. The van der Waals surface area contributed by atoms with E-state index < -0.39 is 10.0 Å². The Morgan fingerprint density at radius 3 is 2.22 bits per heavy atom. The van der Waals surface area contributed by atoms with Gasteiger partial charge in [0.05, 0.1) is 18.0 Å². The zero-order valence-electron chi connectivity index (χ0n) is 19.9. The lowest BCUT2D eigenvalue weighted by molar-refractivity contribution is -0.120. The van der Waals surface area contributed by atoms with E-state index in [0.717, 1.165) is 36.6 Å². The highest BCUT2D eigenvalue weighted by molar-refractivity contribution is 7.92. The third-order valence-electron chi connectivity index (χ3n) is 6.23. The molecule has 0 aromatic heterocycles. The predicted octanol–water partition coefficient (Wildman–Crippen LogP) is 4.90. The van der Waals surface area contributed by atoms with E-state index in [-0.39, 0.29) is 23.9 Å². The smallest absolute Gasteiger partial charge is 0.241 e. The number of amides is 1. The summed E-state index contributed by atoms with van der Waals surface area (Å²) in [5.74, 6) is -0.306. The number of hydrogen-bond acceptors (Lipinski definition) is 3. The molecule has 3 rings (SSSR count). The molecule has 1 atom stereocenters. The first-order valence-electron chi connectivity index (χ1n) is 11.5. The van der Waals surface area contributed by atoms with Gasteiger partial charge in [0.15, 0.2) is 0 Å². The number of anilines is 1. The largest absolute Gasteiger partial charge is 0.348 e. The van der Waals surface area contributed by atoms with E-state index in [2.05, 4.69) is 44.3 Å². The second kappa shape index (κ2) is 9.65. The molecule has 6 heteroatoms. The number of aryl methyl sites for hydroxylation is 2. The van der Waals surface area contributed by atoms with Crippen LogP contribution in [0.2, 0.25) is 0 Å². The van der Waals surface area contributed by atoms with Gasteiger partial charge in [-0.15, -0.1) is 0 Å². The van der Waals surface area contributed by atoms with E-state index in [0.29, 0.717) is 5.69 Å². The van der Waals surface area contributed by atoms with Gasteiger partial charge in [-0.3, -0.25) is 9.10 Å². The van der Waals surface area contributed by atoms with Crippen LogP contribution in [0.15, 0.2) is 42.5 Å². The van der Waals surface area contributed by atoms with Crippen molar-refractivity contribution in [2.75, 3.05) is 17.1 Å². The number of hydrogen-bond donors (Lipinski definition) is 1. The fourth-order valence-corrected chi connectivity index (χ4v) is 5.15. The highest BCUT2D eigenvalue weighted by atomic mass is 32.2. The average Bonchev–Trinajstić information content (AvgIpc) is 2.74. The maximum Gasteiger partial charge on any atom is 0.241 e. The summed E-state index contributed by atoms with van der Waals surface area (Å²) in [5, 5.41) is 3.05. The Kier molecular flexibility index (Phi) is 7.33. The lowest BCUT2D eigenvalue weighted by Gasteiger charge is -2.26. The van der Waals surface area contributed by atoms with Crippen molar-refractivity contribution in [3.8, 4) is 0 Å². The van der Waals surface area contributed by atoms with Crippen molar-refractivity contribution >= 4 is 21.6 Å². The molecule has 0 saturated carbocycles. The van der Waals surface area contributed by atoms with Crippen molar-refractivity contribution in [3.05, 3.63) is 64.7 Å². The van der Waals surface area contributed by atoms with Crippen LogP contribution in [0, 0.1) is 0 Å². The Hall–Kier alpha value is -2.34. The molecule has 1 aliphatic carbocycles. The normalized spacial score (nSPS) is 15.0. The van der Waals surface area contributed by atoms with Gasteiger partial charge >= 0.3 is 0 Å². The van der Waals surface area contributed by atoms with Crippen LogP contribution in [0.5, 0.6) is 0 Å². The molecule has 2 aromatic carbocycles. The first-order chi connectivity index (χ1) is 15.0. The molecular formula is C26H36N2O3S. The lowest BCUT2D eigenvalue weighted by atomic mass is 9.87. The van der Waals surface area contributed by atoms with Crippen LogP contribution in [0.1, 0.15) is 75.3 Å². The number of nitrogens with one attached hydrogen (secondary N) is 1. The topological polar surface area (TPSA) is 66.5 Å². The molecule has 0 bridgehead atoms. The summed E-state index contributed by atoms with van der Waals surface area (Å²) in [6.45, 7) is 8.11. The van der Waals surface area contributed by atoms with E-state index in [1.54, 1.807) is 12.1 Å². The number of carbonyl (C=O) groups excluding carboxylic acids is 1. The summed E-state index contributed by atoms with van der Waals surface area (Å²) in [6, 6.07) is 13.7. The number of rotatable bonds is 7. The quantitative estimate of drug-likeness (QED) is 0.645. The van der Waals surface area contributed by atoms with Crippen molar-refractivity contribution < 1.29 is 13.2 Å². The third-order valence-corrected chi connectivity index (χ3v) is 7.37. The van der Waals surface area contributed by atoms with Crippen molar-refractivity contribution in [2.24, 2.45) is 0 Å². The standard InChI is InChI=1S/C26H36N2O3S/c1-6-24(21-12-11-19-9-7-8-10-20(19)17-21)27-25(29)18-28(32(5,30)31)23-15-13-22(14-16-23)26(2,3)4/h11-17,24H,6-10,18H2,1-5H3,(H,27,29). The zero-order valence-corrected chi connectivity index (χ0v) is 20.8. The van der Waals surface area contributed by atoms with Gasteiger partial charge in [-0.05, 0) is 71.9 Å². The molecular weight excluding hydrogens is 420 g/mol. The van der Waals surface area contributed by atoms with E-state index in [1.807, 2.05) is 19.1 Å². The van der Waals surface area contributed by atoms with Gasteiger partial charge in [0.2, 0.25) is 15.9 Å². The van der Waals surface area contributed by atoms with Gasteiger partial charge in [-0.25, -0.2) is 8.42 Å². The molecule has 0 heterocycles. The molecule has 32 heavy (non-hydrogen) atoms. The molecule has 174 valence electrons. The van der Waals surface area contributed by atoms with E-state index in [9.17, 15) is 13.2 Å². The summed E-state index contributed by atoms with van der Waals surface area (Å²) in [7, 11) is -3.61. The average molecular weight is 457 g/mol. The second-order valence-electron chi connectivity index (χ2n) is 9.83. The Labute approximate surface area is 193 Å². The highest BCUT2D eigenvalue weighted by Crippen LogP contribution is 2.27. The van der Waals surface area contributed by atoms with Crippen LogP contribution >= 0.6 is 0 Å². The minimum absolute atomic E-state index is 0.0327. The first kappa shape index (κ1) is 24.3. The summed E-state index contributed by atoms with van der Waals surface area (Å²) >= 11 is 0. The second-order valence-corrected chi connectivity index (χ2v) is 11.7. The summed E-state index contributed by atoms with van der Waals surface area (Å²) in [6.07, 6.45) is 6.52. The van der Waals surface area contributed by atoms with Crippen molar-refractivity contribution in [2.45, 2.75) is 71.3 Å². The van der Waals surface area contributed by atoms with Gasteiger partial charge in [0.25, 0.3) is 0 Å². The molecule has 0 spiro atoms. The Morgan fingerprint density at radius 1 is 1.03 bits per heavy atom. The molecule has 1 amide bonds. The molecule has 1 unspecified atom stereocenters. The summed E-state index contributed by atoms with van der Waals surface area (Å²) < 4.78 is 26.1. The van der Waals surface area contributed by atoms with Crippen LogP contribution in [-0.4, -0.2) is 27.1 Å². The van der Waals surface area contributed by atoms with Crippen molar-refractivity contribution in [1.29, 1.82) is 0 Å². The molecule has 0 radical (unpaired) electrons. The zero-order chi connectivity index (χ0) is 23.5. The van der Waals surface area contributed by atoms with Gasteiger partial charge in [-0.2, -0.15) is 0 Å². The third kappa shape index (κ3) is 5.91. The predicted molar refractivity (Wildman–Crippen MR) is 132 cm³/mol. The number of fused-ring (bicyclic) bond motifs is 1. The van der Waals surface area contributed by atoms with Gasteiger partial charge < -0.3 is 5.32 Å². The number of carbonyl (C=O) groups is 1. The molecule has 1 aliphatic rings. The highest BCUT2D eigenvalue weighted by Gasteiger charge is 2.24. The summed E-state index contributed by atoms with van der Waals surface area (Å²) in [4.78, 5) is 12.9.